The van der Waals surface area contributed by atoms with Crippen LogP contribution in [0.3, 0.4) is 0 Å². The Bertz CT molecular complexity index is 2230. The van der Waals surface area contributed by atoms with Gasteiger partial charge in [0.1, 0.15) is 5.82 Å². The zero-order valence-corrected chi connectivity index (χ0v) is 30.0. The van der Waals surface area contributed by atoms with Crippen molar-refractivity contribution < 1.29 is 25.2 Å². The number of fused-ring (bicyclic) bond motifs is 3. The van der Waals surface area contributed by atoms with Crippen LogP contribution in [0.25, 0.3) is 44.4 Å². The molecule has 5 nitrogen and oxygen atoms in total. The number of rotatable bonds is 8. The van der Waals surface area contributed by atoms with Crippen molar-refractivity contribution in [3.05, 3.63) is 132 Å². The fourth-order valence-electron chi connectivity index (χ4n) is 6.45. The van der Waals surface area contributed by atoms with Crippen LogP contribution in [0.5, 0.6) is 11.5 Å². The third-order valence-electron chi connectivity index (χ3n) is 8.76. The van der Waals surface area contributed by atoms with Crippen LogP contribution in [0.2, 0.25) is 0 Å². The van der Waals surface area contributed by atoms with Gasteiger partial charge in [-0.1, -0.05) is 95.6 Å². The minimum atomic E-state index is 0. The molecule has 0 fully saturated rings. The molecular formula is C42H40N4OPd. The summed E-state index contributed by atoms with van der Waals surface area (Å²) in [6.07, 6.45) is 1.86. The summed E-state index contributed by atoms with van der Waals surface area (Å²) in [6, 6.07) is 38.7. The zero-order chi connectivity index (χ0) is 32.8. The second kappa shape index (κ2) is 13.6. The van der Waals surface area contributed by atoms with Gasteiger partial charge in [-0.25, -0.2) is 4.98 Å². The van der Waals surface area contributed by atoms with Gasteiger partial charge in [0.15, 0.2) is 0 Å². The molecule has 0 aliphatic heterocycles. The monoisotopic (exact) mass is 722 g/mol. The molecule has 0 saturated heterocycles. The molecule has 48 heavy (non-hydrogen) atoms. The third-order valence-corrected chi connectivity index (χ3v) is 8.76. The van der Waals surface area contributed by atoms with Gasteiger partial charge in [-0.15, -0.1) is 41.3 Å². The summed E-state index contributed by atoms with van der Waals surface area (Å²) in [4.78, 5) is 4.72. The zero-order valence-electron chi connectivity index (χ0n) is 28.5. The van der Waals surface area contributed by atoms with E-state index in [-0.39, 0.29) is 38.2 Å². The van der Waals surface area contributed by atoms with Crippen molar-refractivity contribution in [2.75, 3.05) is 0 Å². The maximum absolute atomic E-state index is 6.63. The smallest absolute Gasteiger partial charge is 0.509 e. The van der Waals surface area contributed by atoms with Crippen molar-refractivity contribution >= 4 is 21.8 Å². The van der Waals surface area contributed by atoms with Gasteiger partial charge in [-0.2, -0.15) is 11.2 Å². The van der Waals surface area contributed by atoms with Gasteiger partial charge in [0.05, 0.1) is 11.4 Å². The molecule has 0 atom stereocenters. The van der Waals surface area contributed by atoms with E-state index in [0.29, 0.717) is 11.5 Å². The van der Waals surface area contributed by atoms with Crippen LogP contribution in [0, 0.1) is 19.1 Å². The molecule has 244 valence electrons. The summed E-state index contributed by atoms with van der Waals surface area (Å²) >= 11 is 0. The molecule has 7 aromatic rings. The SMILES string of the molecule is Cc1ccnc(-n2c3[c-]c(Oc4[c-]c(-n5nc(C(C)C)c(-c6ccccc6)c5C(C)C)cc(C(C)C)c4)ccc3c3ccccc32)c1.[Pd+2]. The average Bonchev–Trinajstić information content (AvgIpc) is 3.62. The Morgan fingerprint density at radius 2 is 1.46 bits per heavy atom. The second-order valence-corrected chi connectivity index (χ2v) is 13.3. The molecule has 0 aliphatic rings. The second-order valence-electron chi connectivity index (χ2n) is 13.3. The Balaban J connectivity index is 0.00000401. The van der Waals surface area contributed by atoms with E-state index in [0.717, 1.165) is 50.1 Å². The number of hydrogen-bond acceptors (Lipinski definition) is 3. The number of hydrogen-bond donors (Lipinski definition) is 0. The quantitative estimate of drug-likeness (QED) is 0.116. The largest absolute Gasteiger partial charge is 2.00 e. The predicted molar refractivity (Wildman–Crippen MR) is 192 cm³/mol. The fourth-order valence-corrected chi connectivity index (χ4v) is 6.45. The Kier molecular flexibility index (Phi) is 9.43. The van der Waals surface area contributed by atoms with Crippen molar-refractivity contribution in [3.8, 4) is 34.1 Å². The maximum atomic E-state index is 6.63. The first kappa shape index (κ1) is 33.4. The van der Waals surface area contributed by atoms with E-state index in [1.54, 1.807) is 0 Å². The Morgan fingerprint density at radius 1 is 0.708 bits per heavy atom. The van der Waals surface area contributed by atoms with E-state index in [2.05, 4.69) is 149 Å². The van der Waals surface area contributed by atoms with Gasteiger partial charge in [-0.05, 0) is 65.1 Å². The van der Waals surface area contributed by atoms with Crippen LogP contribution in [0.15, 0.2) is 97.2 Å². The number of aromatic nitrogens is 4. The van der Waals surface area contributed by atoms with Crippen molar-refractivity contribution in [1.82, 2.24) is 19.3 Å². The molecular weight excluding hydrogens is 683 g/mol. The van der Waals surface area contributed by atoms with E-state index >= 15 is 0 Å². The summed E-state index contributed by atoms with van der Waals surface area (Å²) in [5.41, 5.74) is 9.83. The van der Waals surface area contributed by atoms with E-state index in [4.69, 9.17) is 14.8 Å². The molecule has 0 radical (unpaired) electrons. The van der Waals surface area contributed by atoms with Crippen LogP contribution in [0.1, 0.15) is 81.8 Å². The molecule has 0 saturated carbocycles. The van der Waals surface area contributed by atoms with Gasteiger partial charge >= 0.3 is 20.4 Å². The van der Waals surface area contributed by atoms with Gasteiger partial charge in [-0.3, -0.25) is 4.68 Å². The van der Waals surface area contributed by atoms with Gasteiger partial charge in [0.25, 0.3) is 0 Å². The number of para-hydroxylation sites is 1. The van der Waals surface area contributed by atoms with Crippen LogP contribution < -0.4 is 4.74 Å². The molecule has 0 aliphatic carbocycles. The number of benzene rings is 4. The van der Waals surface area contributed by atoms with Crippen LogP contribution >= 0.6 is 0 Å². The number of ether oxygens (including phenoxy) is 1. The number of aryl methyl sites for hydroxylation is 1. The minimum absolute atomic E-state index is 0. The summed E-state index contributed by atoms with van der Waals surface area (Å²) in [5, 5.41) is 7.51. The number of pyridine rings is 1. The van der Waals surface area contributed by atoms with Crippen LogP contribution in [-0.2, 0) is 20.4 Å². The standard InChI is InChI=1S/C42H40N4O.Pd/c1-26(2)31-22-32(46-42(28(5)6)40(41(44-46)27(3)4)30-13-9-8-10-14-30)24-34(23-31)47-33-17-18-36-35-15-11-12-16-37(35)45(38(36)25-33)39-21-29(7)19-20-43-39;/h8-23,26-28H,1-7H3;/q-2;+2. The van der Waals surface area contributed by atoms with E-state index < -0.39 is 0 Å². The molecule has 7 rings (SSSR count). The first-order valence-electron chi connectivity index (χ1n) is 16.5. The van der Waals surface area contributed by atoms with E-state index in [1.165, 1.54) is 16.8 Å². The minimum Gasteiger partial charge on any atom is -0.509 e. The van der Waals surface area contributed by atoms with Crippen LogP contribution in [0.4, 0.5) is 0 Å². The van der Waals surface area contributed by atoms with Crippen molar-refractivity contribution in [1.29, 1.82) is 0 Å². The molecule has 3 aromatic heterocycles. The molecule has 0 amide bonds. The molecule has 4 aromatic carbocycles. The molecule has 0 N–H and O–H groups in total. The summed E-state index contributed by atoms with van der Waals surface area (Å²) in [6.45, 7) is 15.4. The molecule has 6 heteroatoms. The Labute approximate surface area is 297 Å². The topological polar surface area (TPSA) is 44.9 Å². The molecule has 0 unspecified atom stereocenters. The van der Waals surface area contributed by atoms with Gasteiger partial charge < -0.3 is 9.30 Å². The molecule has 0 spiro atoms. The Morgan fingerprint density at radius 3 is 2.17 bits per heavy atom. The van der Waals surface area contributed by atoms with Crippen molar-refractivity contribution in [2.45, 2.75) is 66.2 Å². The first-order chi connectivity index (χ1) is 22.7. The molecule has 0 bridgehead atoms. The van der Waals surface area contributed by atoms with E-state index in [1.807, 2.05) is 18.3 Å². The van der Waals surface area contributed by atoms with Gasteiger partial charge in [0, 0.05) is 28.8 Å². The van der Waals surface area contributed by atoms with Crippen molar-refractivity contribution in [3.63, 3.8) is 0 Å². The average molecular weight is 723 g/mol. The van der Waals surface area contributed by atoms with Crippen LogP contribution in [-0.4, -0.2) is 19.3 Å². The fraction of sp³-hybridized carbons (Fsp3) is 0.238. The summed E-state index contributed by atoms with van der Waals surface area (Å²) in [5.74, 6) is 2.88. The molecule has 3 heterocycles. The van der Waals surface area contributed by atoms with E-state index in [9.17, 15) is 0 Å². The Hall–Kier alpha value is -4.50. The van der Waals surface area contributed by atoms with Crippen molar-refractivity contribution in [2.24, 2.45) is 0 Å². The first-order valence-corrected chi connectivity index (χ1v) is 16.5. The maximum Gasteiger partial charge on any atom is 2.00 e. The number of nitrogens with zero attached hydrogens (tertiary/aromatic N) is 4. The summed E-state index contributed by atoms with van der Waals surface area (Å²) < 4.78 is 10.9. The van der Waals surface area contributed by atoms with Gasteiger partial charge in [0.2, 0.25) is 0 Å². The third kappa shape index (κ3) is 6.12. The summed E-state index contributed by atoms with van der Waals surface area (Å²) in [7, 11) is 0. The predicted octanol–water partition coefficient (Wildman–Crippen LogP) is 11.1. The normalized spacial score (nSPS) is 11.6.